The van der Waals surface area contributed by atoms with Crippen LogP contribution in [0.15, 0.2) is 46.3 Å². The van der Waals surface area contributed by atoms with Crippen LogP contribution < -0.4 is 5.32 Å². The van der Waals surface area contributed by atoms with Crippen molar-refractivity contribution in [1.82, 2.24) is 5.32 Å². The van der Waals surface area contributed by atoms with E-state index in [0.29, 0.717) is 0 Å². The Bertz CT molecular complexity index is 472. The van der Waals surface area contributed by atoms with Crippen LogP contribution in [0, 0.1) is 0 Å². The number of aliphatic hydroxyl groups is 1. The van der Waals surface area contributed by atoms with Gasteiger partial charge in [0.1, 0.15) is 0 Å². The summed E-state index contributed by atoms with van der Waals surface area (Å²) in [7, 11) is 0. The molecule has 1 heterocycles. The second kappa shape index (κ2) is 7.04. The van der Waals surface area contributed by atoms with Crippen molar-refractivity contribution in [3.63, 3.8) is 0 Å². The van der Waals surface area contributed by atoms with Crippen molar-refractivity contribution < 1.29 is 5.11 Å². The molecule has 0 bridgehead atoms. The van der Waals surface area contributed by atoms with E-state index in [1.165, 1.54) is 10.4 Å². The van der Waals surface area contributed by atoms with Crippen molar-refractivity contribution in [1.29, 1.82) is 0 Å². The first kappa shape index (κ1) is 13.7. The smallest absolute Gasteiger partial charge is 0.0701 e. The van der Waals surface area contributed by atoms with Crippen LogP contribution in [0.2, 0.25) is 0 Å². The molecule has 0 saturated heterocycles. The fourth-order valence-corrected chi connectivity index (χ4v) is 3.31. The Hall–Kier alpha value is -0.680. The van der Waals surface area contributed by atoms with Crippen molar-refractivity contribution in [2.24, 2.45) is 0 Å². The van der Waals surface area contributed by atoms with Crippen LogP contribution in [0.4, 0.5) is 0 Å². The number of aliphatic hydroxyl groups excluding tert-OH is 1. The minimum Gasteiger partial charge on any atom is -0.396 e. The average molecular weight is 326 g/mol. The Morgan fingerprint density at radius 3 is 2.56 bits per heavy atom. The normalized spacial score (nSPS) is 12.6. The van der Waals surface area contributed by atoms with E-state index in [2.05, 4.69) is 45.5 Å². The third kappa shape index (κ3) is 3.92. The standard InChI is InChI=1S/C14H16BrNOS/c15-14-7-6-12(18-14)10-16-13(8-9-17)11-4-2-1-3-5-11/h1-7,13,16-17H,8-10H2/t13-/m1/s1. The van der Waals surface area contributed by atoms with Gasteiger partial charge in [-0.05, 0) is 40.0 Å². The highest BCUT2D eigenvalue weighted by molar-refractivity contribution is 9.11. The molecule has 0 saturated carbocycles. The summed E-state index contributed by atoms with van der Waals surface area (Å²) in [5.74, 6) is 0. The van der Waals surface area contributed by atoms with Gasteiger partial charge in [-0.2, -0.15) is 0 Å². The highest BCUT2D eigenvalue weighted by Crippen LogP contribution is 2.23. The molecule has 96 valence electrons. The first-order valence-corrected chi connectivity index (χ1v) is 7.54. The monoisotopic (exact) mass is 325 g/mol. The molecule has 0 radical (unpaired) electrons. The fraction of sp³-hybridized carbons (Fsp3) is 0.286. The predicted molar refractivity (Wildman–Crippen MR) is 79.7 cm³/mol. The minimum absolute atomic E-state index is 0.195. The second-order valence-corrected chi connectivity index (χ2v) is 6.61. The van der Waals surface area contributed by atoms with Gasteiger partial charge in [0.05, 0.1) is 3.79 Å². The van der Waals surface area contributed by atoms with E-state index in [9.17, 15) is 0 Å². The number of halogens is 1. The lowest BCUT2D eigenvalue weighted by Gasteiger charge is -2.17. The summed E-state index contributed by atoms with van der Waals surface area (Å²) in [6.45, 7) is 1.02. The van der Waals surface area contributed by atoms with Crippen LogP contribution in [0.1, 0.15) is 22.9 Å². The minimum atomic E-state index is 0.195. The number of benzene rings is 1. The summed E-state index contributed by atoms with van der Waals surface area (Å²) in [5.41, 5.74) is 1.22. The molecule has 1 aromatic carbocycles. The number of thiophene rings is 1. The van der Waals surface area contributed by atoms with Gasteiger partial charge in [-0.3, -0.25) is 0 Å². The van der Waals surface area contributed by atoms with Crippen LogP contribution in [-0.4, -0.2) is 11.7 Å². The zero-order valence-corrected chi connectivity index (χ0v) is 12.4. The lowest BCUT2D eigenvalue weighted by molar-refractivity contribution is 0.265. The molecule has 2 rings (SSSR count). The zero-order valence-electron chi connectivity index (χ0n) is 9.97. The SMILES string of the molecule is OCC[C@@H](NCc1ccc(Br)s1)c1ccccc1. The van der Waals surface area contributed by atoms with E-state index in [0.717, 1.165) is 16.8 Å². The molecule has 4 heteroatoms. The van der Waals surface area contributed by atoms with E-state index in [-0.39, 0.29) is 12.6 Å². The molecular formula is C14H16BrNOS. The third-order valence-corrected chi connectivity index (χ3v) is 4.39. The molecule has 0 amide bonds. The summed E-state index contributed by atoms with van der Waals surface area (Å²) in [4.78, 5) is 1.29. The van der Waals surface area contributed by atoms with Gasteiger partial charge >= 0.3 is 0 Å². The lowest BCUT2D eigenvalue weighted by Crippen LogP contribution is -2.21. The maximum absolute atomic E-state index is 9.15. The summed E-state index contributed by atoms with van der Waals surface area (Å²) < 4.78 is 1.15. The van der Waals surface area contributed by atoms with Gasteiger partial charge in [0.15, 0.2) is 0 Å². The van der Waals surface area contributed by atoms with E-state index in [1.54, 1.807) is 11.3 Å². The first-order chi connectivity index (χ1) is 8.79. The van der Waals surface area contributed by atoms with Gasteiger partial charge in [0.25, 0.3) is 0 Å². The Morgan fingerprint density at radius 1 is 1.17 bits per heavy atom. The molecular weight excluding hydrogens is 310 g/mol. The summed E-state index contributed by atoms with van der Waals surface area (Å²) in [6, 6.07) is 14.6. The summed E-state index contributed by atoms with van der Waals surface area (Å²) >= 11 is 5.20. The van der Waals surface area contributed by atoms with Crippen LogP contribution in [-0.2, 0) is 6.54 Å². The summed E-state index contributed by atoms with van der Waals surface area (Å²) in [5, 5.41) is 12.7. The highest BCUT2D eigenvalue weighted by Gasteiger charge is 2.10. The van der Waals surface area contributed by atoms with Gasteiger partial charge in [-0.1, -0.05) is 30.3 Å². The van der Waals surface area contributed by atoms with Gasteiger partial charge in [0.2, 0.25) is 0 Å². The number of nitrogens with one attached hydrogen (secondary N) is 1. The van der Waals surface area contributed by atoms with Gasteiger partial charge in [-0.15, -0.1) is 11.3 Å². The summed E-state index contributed by atoms with van der Waals surface area (Å²) in [6.07, 6.45) is 0.733. The Balaban J connectivity index is 1.98. The van der Waals surface area contributed by atoms with Gasteiger partial charge in [-0.25, -0.2) is 0 Å². The topological polar surface area (TPSA) is 32.3 Å². The average Bonchev–Trinajstić information content (AvgIpc) is 2.81. The molecule has 0 fully saturated rings. The lowest BCUT2D eigenvalue weighted by atomic mass is 10.0. The third-order valence-electron chi connectivity index (χ3n) is 2.77. The molecule has 0 aliphatic carbocycles. The number of hydrogen-bond acceptors (Lipinski definition) is 3. The molecule has 0 spiro atoms. The van der Waals surface area contributed by atoms with Crippen LogP contribution in [0.5, 0.6) is 0 Å². The second-order valence-electron chi connectivity index (χ2n) is 4.06. The molecule has 0 aliphatic heterocycles. The van der Waals surface area contributed by atoms with Crippen LogP contribution in [0.3, 0.4) is 0 Å². The molecule has 2 N–H and O–H groups in total. The predicted octanol–water partition coefficient (Wildman–Crippen LogP) is 3.72. The van der Waals surface area contributed by atoms with Crippen molar-refractivity contribution in [3.05, 3.63) is 56.7 Å². The van der Waals surface area contributed by atoms with Crippen molar-refractivity contribution in [2.45, 2.75) is 19.0 Å². The first-order valence-electron chi connectivity index (χ1n) is 5.93. The molecule has 18 heavy (non-hydrogen) atoms. The van der Waals surface area contributed by atoms with Gasteiger partial charge in [0, 0.05) is 24.1 Å². The quantitative estimate of drug-likeness (QED) is 0.848. The molecule has 1 atom stereocenters. The van der Waals surface area contributed by atoms with Gasteiger partial charge < -0.3 is 10.4 Å². The molecule has 2 aromatic rings. The Labute approximate surface area is 120 Å². The maximum Gasteiger partial charge on any atom is 0.0701 e. The number of hydrogen-bond donors (Lipinski definition) is 2. The van der Waals surface area contributed by atoms with Crippen molar-refractivity contribution in [3.8, 4) is 0 Å². The van der Waals surface area contributed by atoms with Crippen LogP contribution in [0.25, 0.3) is 0 Å². The highest BCUT2D eigenvalue weighted by atomic mass is 79.9. The molecule has 2 nitrogen and oxygen atoms in total. The molecule has 1 aromatic heterocycles. The van der Waals surface area contributed by atoms with E-state index < -0.39 is 0 Å². The molecule has 0 aliphatic rings. The van der Waals surface area contributed by atoms with Crippen molar-refractivity contribution in [2.75, 3.05) is 6.61 Å². The Kier molecular flexibility index (Phi) is 5.38. The van der Waals surface area contributed by atoms with E-state index in [4.69, 9.17) is 5.11 Å². The maximum atomic E-state index is 9.15. The number of rotatable bonds is 6. The van der Waals surface area contributed by atoms with E-state index >= 15 is 0 Å². The molecule has 0 unspecified atom stereocenters. The fourth-order valence-electron chi connectivity index (χ4n) is 1.87. The van der Waals surface area contributed by atoms with Crippen LogP contribution >= 0.6 is 27.3 Å². The van der Waals surface area contributed by atoms with E-state index in [1.807, 2.05) is 18.2 Å². The Morgan fingerprint density at radius 2 is 1.94 bits per heavy atom. The zero-order chi connectivity index (χ0) is 12.8. The largest absolute Gasteiger partial charge is 0.396 e. The van der Waals surface area contributed by atoms with Crippen molar-refractivity contribution >= 4 is 27.3 Å².